The second-order valence-electron chi connectivity index (χ2n) is 4.44. The van der Waals surface area contributed by atoms with E-state index in [1.165, 1.54) is 9.13 Å². The predicted octanol–water partition coefficient (Wildman–Crippen LogP) is 3.70. The molecule has 0 aliphatic carbocycles. The normalized spacial score (nSPS) is 12.2. The number of nitrogens with two attached hydrogens (primary N) is 1. The van der Waals surface area contributed by atoms with E-state index in [9.17, 15) is 0 Å². The van der Waals surface area contributed by atoms with Crippen LogP contribution >= 0.6 is 34.2 Å². The Morgan fingerprint density at radius 1 is 1.25 bits per heavy atom. The molecule has 0 fully saturated rings. The van der Waals surface area contributed by atoms with Crippen LogP contribution in [0.2, 0.25) is 5.02 Å². The lowest BCUT2D eigenvalue weighted by molar-refractivity contribution is 0.399. The van der Waals surface area contributed by atoms with Crippen molar-refractivity contribution in [3.63, 3.8) is 0 Å². The van der Waals surface area contributed by atoms with Gasteiger partial charge in [0.05, 0.1) is 13.2 Å². The van der Waals surface area contributed by atoms with Gasteiger partial charge in [0.15, 0.2) is 0 Å². The molecule has 2 aromatic carbocycles. The summed E-state index contributed by atoms with van der Waals surface area (Å²) in [7, 11) is 1.63. The molecule has 1 atom stereocenters. The lowest BCUT2D eigenvalue weighted by atomic mass is 9.98. The van der Waals surface area contributed by atoms with Crippen LogP contribution in [0, 0.1) is 3.57 Å². The van der Waals surface area contributed by atoms with Crippen LogP contribution in [0.25, 0.3) is 0 Å². The number of hydrazine groups is 1. The number of benzene rings is 2. The van der Waals surface area contributed by atoms with E-state index in [0.717, 1.165) is 17.7 Å². The quantitative estimate of drug-likeness (QED) is 0.455. The minimum Gasteiger partial charge on any atom is -0.496 e. The summed E-state index contributed by atoms with van der Waals surface area (Å²) in [6, 6.07) is 13.9. The Kier molecular flexibility index (Phi) is 5.65. The van der Waals surface area contributed by atoms with Gasteiger partial charge in [-0.2, -0.15) is 0 Å². The molecule has 1 unspecified atom stereocenters. The highest BCUT2D eigenvalue weighted by Gasteiger charge is 2.15. The van der Waals surface area contributed by atoms with E-state index in [2.05, 4.69) is 52.3 Å². The first-order valence-corrected chi connectivity index (χ1v) is 7.63. The van der Waals surface area contributed by atoms with Crippen molar-refractivity contribution in [1.82, 2.24) is 5.43 Å². The van der Waals surface area contributed by atoms with Crippen LogP contribution in [0.15, 0.2) is 42.5 Å². The number of hydrogen-bond acceptors (Lipinski definition) is 3. The van der Waals surface area contributed by atoms with Gasteiger partial charge in [0.1, 0.15) is 5.75 Å². The minimum absolute atomic E-state index is 0.0257. The molecule has 5 heteroatoms. The van der Waals surface area contributed by atoms with E-state index < -0.39 is 0 Å². The highest BCUT2D eigenvalue weighted by molar-refractivity contribution is 14.1. The molecule has 0 saturated heterocycles. The Morgan fingerprint density at radius 2 is 1.95 bits per heavy atom. The first kappa shape index (κ1) is 15.6. The fourth-order valence-corrected chi connectivity index (χ4v) is 2.61. The van der Waals surface area contributed by atoms with Crippen LogP contribution in [-0.2, 0) is 6.42 Å². The zero-order valence-corrected chi connectivity index (χ0v) is 14.0. The van der Waals surface area contributed by atoms with Gasteiger partial charge in [0.25, 0.3) is 0 Å². The van der Waals surface area contributed by atoms with E-state index in [1.807, 2.05) is 12.1 Å². The molecule has 2 aromatic rings. The van der Waals surface area contributed by atoms with Crippen LogP contribution in [0.3, 0.4) is 0 Å². The lowest BCUT2D eigenvalue weighted by Gasteiger charge is -2.19. The fourth-order valence-electron chi connectivity index (χ4n) is 2.09. The van der Waals surface area contributed by atoms with Gasteiger partial charge in [-0.1, -0.05) is 29.8 Å². The van der Waals surface area contributed by atoms with Crippen molar-refractivity contribution >= 4 is 34.2 Å². The molecule has 0 aliphatic rings. The Hall–Kier alpha value is -0.820. The SMILES string of the molecule is COc1cc(Cl)ccc1C(Cc1ccc(I)cc1)NN. The molecule has 0 radical (unpaired) electrons. The predicted molar refractivity (Wildman–Crippen MR) is 90.9 cm³/mol. The van der Waals surface area contributed by atoms with E-state index in [0.29, 0.717) is 5.02 Å². The number of ether oxygens (including phenoxy) is 1. The molecular weight excluding hydrogens is 387 g/mol. The molecule has 0 spiro atoms. The molecular formula is C15H16ClIN2O. The molecule has 20 heavy (non-hydrogen) atoms. The molecule has 3 nitrogen and oxygen atoms in total. The maximum atomic E-state index is 5.99. The molecule has 0 heterocycles. The average molecular weight is 403 g/mol. The summed E-state index contributed by atoms with van der Waals surface area (Å²) in [5.74, 6) is 6.45. The lowest BCUT2D eigenvalue weighted by Crippen LogP contribution is -2.29. The Labute approximate surface area is 137 Å². The second-order valence-corrected chi connectivity index (χ2v) is 6.12. The smallest absolute Gasteiger partial charge is 0.125 e. The maximum Gasteiger partial charge on any atom is 0.125 e. The first-order valence-electron chi connectivity index (χ1n) is 6.18. The average Bonchev–Trinajstić information content (AvgIpc) is 2.47. The number of hydrogen-bond donors (Lipinski definition) is 2. The van der Waals surface area contributed by atoms with Crippen molar-refractivity contribution < 1.29 is 4.74 Å². The summed E-state index contributed by atoms with van der Waals surface area (Å²) in [5.41, 5.74) is 5.06. The maximum absolute atomic E-state index is 5.99. The standard InChI is InChI=1S/C15H16ClIN2O/c1-20-15-9-11(16)4-7-13(15)14(19-18)8-10-2-5-12(17)6-3-10/h2-7,9,14,19H,8,18H2,1H3. The number of methoxy groups -OCH3 is 1. The molecule has 106 valence electrons. The van der Waals surface area contributed by atoms with Crippen molar-refractivity contribution in [2.75, 3.05) is 7.11 Å². The monoisotopic (exact) mass is 402 g/mol. The molecule has 0 bridgehead atoms. The largest absolute Gasteiger partial charge is 0.496 e. The number of rotatable bonds is 5. The molecule has 0 amide bonds. The van der Waals surface area contributed by atoms with Gasteiger partial charge in [-0.25, -0.2) is 0 Å². The van der Waals surface area contributed by atoms with E-state index >= 15 is 0 Å². The topological polar surface area (TPSA) is 47.3 Å². The van der Waals surface area contributed by atoms with Crippen molar-refractivity contribution in [3.8, 4) is 5.75 Å². The third-order valence-corrected chi connectivity index (χ3v) is 4.08. The number of nitrogens with one attached hydrogen (secondary N) is 1. The molecule has 2 rings (SSSR count). The summed E-state index contributed by atoms with van der Waals surface area (Å²) in [6.07, 6.45) is 0.783. The van der Waals surface area contributed by atoms with Crippen molar-refractivity contribution in [2.24, 2.45) is 5.84 Å². The van der Waals surface area contributed by atoms with Crippen molar-refractivity contribution in [3.05, 3.63) is 62.2 Å². The minimum atomic E-state index is -0.0257. The van der Waals surface area contributed by atoms with Gasteiger partial charge in [-0.3, -0.25) is 11.3 Å². The highest BCUT2D eigenvalue weighted by atomic mass is 127. The summed E-state index contributed by atoms with van der Waals surface area (Å²) < 4.78 is 6.60. The van der Waals surface area contributed by atoms with E-state index in [4.69, 9.17) is 22.2 Å². The highest BCUT2D eigenvalue weighted by Crippen LogP contribution is 2.30. The van der Waals surface area contributed by atoms with Crippen LogP contribution < -0.4 is 16.0 Å². The fraction of sp³-hybridized carbons (Fsp3) is 0.200. The molecule has 0 aliphatic heterocycles. The third kappa shape index (κ3) is 3.85. The molecule has 3 N–H and O–H groups in total. The molecule has 0 saturated carbocycles. The number of halogens is 2. The Balaban J connectivity index is 2.26. The van der Waals surface area contributed by atoms with Crippen LogP contribution in [0.1, 0.15) is 17.2 Å². The zero-order chi connectivity index (χ0) is 14.5. The van der Waals surface area contributed by atoms with Gasteiger partial charge in [0.2, 0.25) is 0 Å². The van der Waals surface area contributed by atoms with Gasteiger partial charge in [-0.15, -0.1) is 0 Å². The van der Waals surface area contributed by atoms with E-state index in [-0.39, 0.29) is 6.04 Å². The third-order valence-electron chi connectivity index (χ3n) is 3.13. The van der Waals surface area contributed by atoms with Crippen LogP contribution in [0.4, 0.5) is 0 Å². The van der Waals surface area contributed by atoms with Gasteiger partial charge >= 0.3 is 0 Å². The first-order chi connectivity index (χ1) is 9.63. The van der Waals surface area contributed by atoms with Crippen LogP contribution in [0.5, 0.6) is 5.75 Å². The summed E-state index contributed by atoms with van der Waals surface area (Å²) in [4.78, 5) is 0. The second kappa shape index (κ2) is 7.26. The molecule has 0 aromatic heterocycles. The summed E-state index contributed by atoms with van der Waals surface area (Å²) in [6.45, 7) is 0. The summed E-state index contributed by atoms with van der Waals surface area (Å²) >= 11 is 8.28. The van der Waals surface area contributed by atoms with Gasteiger partial charge in [0, 0.05) is 14.2 Å². The van der Waals surface area contributed by atoms with Gasteiger partial charge < -0.3 is 4.74 Å². The van der Waals surface area contributed by atoms with Gasteiger partial charge in [-0.05, 0) is 58.8 Å². The Bertz CT molecular complexity index is 575. The Morgan fingerprint density at radius 3 is 2.55 bits per heavy atom. The zero-order valence-electron chi connectivity index (χ0n) is 11.1. The van der Waals surface area contributed by atoms with E-state index in [1.54, 1.807) is 13.2 Å². The van der Waals surface area contributed by atoms with Crippen molar-refractivity contribution in [1.29, 1.82) is 0 Å². The van der Waals surface area contributed by atoms with Crippen molar-refractivity contribution in [2.45, 2.75) is 12.5 Å². The van der Waals surface area contributed by atoms with Crippen LogP contribution in [-0.4, -0.2) is 7.11 Å². The summed E-state index contributed by atoms with van der Waals surface area (Å²) in [5, 5.41) is 0.649.